The first-order chi connectivity index (χ1) is 17.1. The number of phenolic OH excluding ortho intramolecular Hbond substituents is 1. The van der Waals surface area contributed by atoms with Gasteiger partial charge in [0.15, 0.2) is 5.43 Å². The lowest BCUT2D eigenvalue weighted by atomic mass is 9.86. The number of fused-ring (bicyclic) bond motifs is 2. The molecule has 3 heterocycles. The average molecular weight is 499 g/mol. The van der Waals surface area contributed by atoms with Crippen LogP contribution in [0, 0.1) is 0 Å². The fourth-order valence-corrected chi connectivity index (χ4v) is 4.43. The number of phenols is 1. The van der Waals surface area contributed by atoms with Crippen molar-refractivity contribution in [3.63, 3.8) is 0 Å². The van der Waals surface area contributed by atoms with Crippen molar-refractivity contribution in [1.82, 2.24) is 5.32 Å². The van der Waals surface area contributed by atoms with Gasteiger partial charge in [-0.15, -0.1) is 0 Å². The lowest BCUT2D eigenvalue weighted by molar-refractivity contribution is -0.157. The molecule has 2 aliphatic rings. The van der Waals surface area contributed by atoms with Crippen LogP contribution in [0.5, 0.6) is 11.5 Å². The minimum absolute atomic E-state index is 0.0483. The topological polar surface area (TPSA) is 164 Å². The third kappa shape index (κ3) is 4.57. The first-order valence-corrected chi connectivity index (χ1v) is 11.6. The minimum atomic E-state index is -1.03. The zero-order chi connectivity index (χ0) is 26.2. The summed E-state index contributed by atoms with van der Waals surface area (Å²) in [5.74, 6) is -0.180. The first-order valence-electron chi connectivity index (χ1n) is 11.6. The van der Waals surface area contributed by atoms with E-state index >= 15 is 0 Å². The Morgan fingerprint density at radius 3 is 2.75 bits per heavy atom. The lowest BCUT2D eigenvalue weighted by Crippen LogP contribution is -2.49. The van der Waals surface area contributed by atoms with Crippen LogP contribution in [0.1, 0.15) is 37.7 Å². The maximum absolute atomic E-state index is 13.0. The van der Waals surface area contributed by atoms with E-state index in [9.17, 15) is 24.9 Å². The fourth-order valence-electron chi connectivity index (χ4n) is 4.43. The number of hydrogen-bond donors (Lipinski definition) is 5. The maximum Gasteiger partial charge on any atom is 0.336 e. The number of ether oxygens (including phenoxy) is 2. The molecule has 0 radical (unpaired) electrons. The predicted octanol–water partition coefficient (Wildman–Crippen LogP) is 1.43. The molecule has 0 spiro atoms. The highest BCUT2D eigenvalue weighted by Crippen LogP contribution is 2.47. The lowest BCUT2D eigenvalue weighted by Gasteiger charge is -2.40. The van der Waals surface area contributed by atoms with E-state index in [1.54, 1.807) is 26.8 Å². The molecule has 0 aliphatic carbocycles. The monoisotopic (exact) mass is 498 g/mol. The highest BCUT2D eigenvalue weighted by molar-refractivity contribution is 5.91. The third-order valence-electron chi connectivity index (χ3n) is 6.45. The van der Waals surface area contributed by atoms with Gasteiger partial charge < -0.3 is 40.3 Å². The van der Waals surface area contributed by atoms with Crippen molar-refractivity contribution in [2.45, 2.75) is 51.9 Å². The second-order valence-electron chi connectivity index (χ2n) is 9.29. The van der Waals surface area contributed by atoms with Crippen molar-refractivity contribution in [2.24, 2.45) is 5.73 Å². The van der Waals surface area contributed by atoms with Gasteiger partial charge in [-0.2, -0.15) is 0 Å². The highest BCUT2D eigenvalue weighted by atomic mass is 16.6. The van der Waals surface area contributed by atoms with E-state index in [0.29, 0.717) is 29.2 Å². The number of dihydropyridines is 1. The summed E-state index contributed by atoms with van der Waals surface area (Å²) in [5.41, 5.74) is 6.24. The molecule has 6 N–H and O–H groups in total. The molecule has 192 valence electrons. The zero-order valence-electron chi connectivity index (χ0n) is 20.4. The summed E-state index contributed by atoms with van der Waals surface area (Å²) < 4.78 is 17.9. The van der Waals surface area contributed by atoms with Gasteiger partial charge in [0.25, 0.3) is 0 Å². The van der Waals surface area contributed by atoms with Gasteiger partial charge >= 0.3 is 5.97 Å². The van der Waals surface area contributed by atoms with E-state index in [0.717, 1.165) is 11.6 Å². The number of carbonyl (C=O) groups is 1. The van der Waals surface area contributed by atoms with Crippen LogP contribution < -0.4 is 21.2 Å². The van der Waals surface area contributed by atoms with Gasteiger partial charge in [0, 0.05) is 36.6 Å². The van der Waals surface area contributed by atoms with Crippen molar-refractivity contribution in [3.05, 3.63) is 68.4 Å². The van der Waals surface area contributed by atoms with E-state index in [1.165, 1.54) is 6.08 Å². The van der Waals surface area contributed by atoms with Crippen molar-refractivity contribution in [2.75, 3.05) is 13.2 Å². The van der Waals surface area contributed by atoms with Crippen molar-refractivity contribution >= 4 is 16.9 Å². The number of hydrogen-bond acceptors (Lipinski definition) is 10. The molecule has 1 atom stereocenters. The van der Waals surface area contributed by atoms with Crippen LogP contribution in [0.2, 0.25) is 0 Å². The maximum atomic E-state index is 13.0. The molecule has 0 saturated heterocycles. The van der Waals surface area contributed by atoms with Crippen LogP contribution in [0.4, 0.5) is 0 Å². The Morgan fingerprint density at radius 2 is 2.11 bits per heavy atom. The molecule has 0 amide bonds. The summed E-state index contributed by atoms with van der Waals surface area (Å²) in [6.07, 6.45) is 4.66. The van der Waals surface area contributed by atoms with Crippen LogP contribution in [-0.2, 0) is 29.0 Å². The molecule has 0 unspecified atom stereocenters. The van der Waals surface area contributed by atoms with Crippen LogP contribution in [0.25, 0.3) is 11.0 Å². The molecule has 0 bridgehead atoms. The number of nitrogens with two attached hydrogens (primary N) is 1. The Kier molecular flexibility index (Phi) is 6.83. The molecule has 36 heavy (non-hydrogen) atoms. The number of esters is 1. The van der Waals surface area contributed by atoms with Crippen LogP contribution in [0.15, 0.2) is 50.5 Å². The normalized spacial score (nSPS) is 19.0. The number of carbonyl (C=O) groups excluding carboxylic acids is 1. The van der Waals surface area contributed by atoms with E-state index in [1.807, 2.05) is 6.08 Å². The highest BCUT2D eigenvalue weighted by Gasteiger charge is 2.43. The van der Waals surface area contributed by atoms with E-state index in [4.69, 9.17) is 19.6 Å². The molecule has 2 aromatic rings. The standard InChI is InChI=1S/C26H30N2O8/c1-4-14(11-29)25(33)35-19-10-16-22(32)21-18(31)9-15(12-30)34-24(21)17(23(16)36-26(19,2)3)7-13-5-6-28-20(27)8-13/h4-5,8-9,19,28-30,32H,6-7,10-12,27H2,1-3H3/b14-4-/t19-/m1/s1. The number of rotatable bonds is 6. The number of allylic oxidation sites excluding steroid dienone is 3. The quantitative estimate of drug-likeness (QED) is 0.291. The largest absolute Gasteiger partial charge is 0.507 e. The Hall–Kier alpha value is -3.76. The van der Waals surface area contributed by atoms with Crippen molar-refractivity contribution in [3.8, 4) is 11.5 Å². The molecular formula is C26H30N2O8. The van der Waals surface area contributed by atoms with Gasteiger partial charge in [-0.25, -0.2) is 4.79 Å². The number of benzene rings is 1. The predicted molar refractivity (Wildman–Crippen MR) is 131 cm³/mol. The second-order valence-corrected chi connectivity index (χ2v) is 9.29. The van der Waals surface area contributed by atoms with Crippen molar-refractivity contribution < 1.29 is 34.0 Å². The Bertz CT molecular complexity index is 1370. The van der Waals surface area contributed by atoms with Gasteiger partial charge in [-0.05, 0) is 32.4 Å². The fraction of sp³-hybridized carbons (Fsp3) is 0.385. The van der Waals surface area contributed by atoms with Gasteiger partial charge in [-0.1, -0.05) is 12.2 Å². The number of aliphatic hydroxyl groups is 2. The van der Waals surface area contributed by atoms with E-state index in [2.05, 4.69) is 5.32 Å². The van der Waals surface area contributed by atoms with Gasteiger partial charge in [-0.3, -0.25) is 4.79 Å². The smallest absolute Gasteiger partial charge is 0.336 e. The second kappa shape index (κ2) is 9.71. The SMILES string of the molecule is C/C=C(/CO)C(=O)O[C@@H]1Cc2c(c(CC3=CCNC(N)=C3)c3oc(CO)cc(=O)c3c2O)OC1(C)C. The minimum Gasteiger partial charge on any atom is -0.507 e. The summed E-state index contributed by atoms with van der Waals surface area (Å²) >= 11 is 0. The molecule has 4 rings (SSSR count). The van der Waals surface area contributed by atoms with Crippen molar-refractivity contribution in [1.29, 1.82) is 0 Å². The number of aliphatic hydroxyl groups excluding tert-OH is 2. The Labute approximate surface area is 207 Å². The van der Waals surface area contributed by atoms with Crippen LogP contribution in [0.3, 0.4) is 0 Å². The Balaban J connectivity index is 1.90. The summed E-state index contributed by atoms with van der Waals surface area (Å²) in [6.45, 7) is 4.65. The molecule has 10 nitrogen and oxygen atoms in total. The van der Waals surface area contributed by atoms with E-state index < -0.39 is 36.3 Å². The summed E-state index contributed by atoms with van der Waals surface area (Å²) in [5, 5.41) is 33.2. The molecule has 0 fully saturated rings. The molecule has 2 aliphatic heterocycles. The number of nitrogens with one attached hydrogen (secondary N) is 1. The first kappa shape index (κ1) is 25.3. The number of aromatic hydroxyl groups is 1. The average Bonchev–Trinajstić information content (AvgIpc) is 2.82. The van der Waals surface area contributed by atoms with Crippen LogP contribution >= 0.6 is 0 Å². The van der Waals surface area contributed by atoms with Crippen LogP contribution in [-0.4, -0.2) is 46.1 Å². The molecule has 1 aromatic heterocycles. The molecular weight excluding hydrogens is 468 g/mol. The zero-order valence-corrected chi connectivity index (χ0v) is 20.4. The summed E-state index contributed by atoms with van der Waals surface area (Å²) in [6, 6.07) is 1.13. The van der Waals surface area contributed by atoms with Gasteiger partial charge in [0.1, 0.15) is 46.5 Å². The molecule has 1 aromatic carbocycles. The van der Waals surface area contributed by atoms with E-state index in [-0.39, 0.29) is 40.9 Å². The Morgan fingerprint density at radius 1 is 1.36 bits per heavy atom. The summed E-state index contributed by atoms with van der Waals surface area (Å²) in [7, 11) is 0. The third-order valence-corrected chi connectivity index (χ3v) is 6.45. The van der Waals surface area contributed by atoms with Gasteiger partial charge in [0.05, 0.1) is 18.0 Å². The van der Waals surface area contributed by atoms with Gasteiger partial charge in [0.2, 0.25) is 0 Å². The molecule has 0 saturated carbocycles. The molecule has 10 heteroatoms. The summed E-state index contributed by atoms with van der Waals surface area (Å²) in [4.78, 5) is 25.5.